The van der Waals surface area contributed by atoms with Crippen molar-refractivity contribution in [1.29, 1.82) is 0 Å². The molecule has 0 aliphatic heterocycles. The van der Waals surface area contributed by atoms with Crippen LogP contribution in [0.15, 0.2) is 42.7 Å². The molecule has 174 valence electrons. The molecule has 0 saturated carbocycles. The Hall–Kier alpha value is -1.57. The van der Waals surface area contributed by atoms with Crippen molar-refractivity contribution in [3.05, 3.63) is 54.1 Å². The summed E-state index contributed by atoms with van der Waals surface area (Å²) < 4.78 is 5.12. The Morgan fingerprint density at radius 2 is 1.26 bits per heavy atom. The maximum absolute atomic E-state index is 2.57. The second-order valence-electron chi connectivity index (χ2n) is 9.33. The van der Waals surface area contributed by atoms with E-state index in [1.165, 1.54) is 115 Å². The van der Waals surface area contributed by atoms with Gasteiger partial charge in [0, 0.05) is 6.42 Å². The Bertz CT molecular complexity index is 659. The highest BCUT2D eigenvalue weighted by atomic mass is 15.1. The molecule has 1 heterocycles. The summed E-state index contributed by atoms with van der Waals surface area (Å²) in [6.07, 6.45) is 26.3. The van der Waals surface area contributed by atoms with E-state index in [1.54, 1.807) is 5.82 Å². The van der Waals surface area contributed by atoms with Crippen LogP contribution in [-0.4, -0.2) is 4.57 Å². The Balaban J connectivity index is 1.80. The lowest BCUT2D eigenvalue weighted by atomic mass is 10.1. The van der Waals surface area contributed by atoms with Gasteiger partial charge in [-0.15, -0.1) is 0 Å². The smallest absolute Gasteiger partial charge is 0.234 e. The highest BCUT2D eigenvalue weighted by Crippen LogP contribution is 2.12. The molecule has 0 N–H and O–H groups in total. The van der Waals surface area contributed by atoms with E-state index in [0.29, 0.717) is 0 Å². The molecule has 0 aliphatic rings. The van der Waals surface area contributed by atoms with Crippen molar-refractivity contribution in [3.8, 4) is 0 Å². The second kappa shape index (κ2) is 17.0. The van der Waals surface area contributed by atoms with Gasteiger partial charge in [-0.25, -0.2) is 9.13 Å². The maximum atomic E-state index is 2.57. The number of benzene rings is 1. The van der Waals surface area contributed by atoms with Gasteiger partial charge in [-0.1, -0.05) is 108 Å². The van der Waals surface area contributed by atoms with Crippen LogP contribution in [-0.2, 0) is 25.9 Å². The zero-order chi connectivity index (χ0) is 22.0. The van der Waals surface area contributed by atoms with E-state index in [9.17, 15) is 0 Å². The Labute approximate surface area is 193 Å². The molecule has 2 aromatic rings. The van der Waals surface area contributed by atoms with Gasteiger partial charge in [0.1, 0.15) is 12.4 Å². The van der Waals surface area contributed by atoms with Crippen LogP contribution in [0.5, 0.6) is 0 Å². The van der Waals surface area contributed by atoms with Crippen LogP contribution in [0, 0.1) is 0 Å². The Morgan fingerprint density at radius 3 is 1.94 bits per heavy atom. The first-order valence-electron chi connectivity index (χ1n) is 13.5. The number of unbranched alkanes of at least 4 members (excludes halogenated alkanes) is 11. The van der Waals surface area contributed by atoms with Crippen molar-refractivity contribution in [3.63, 3.8) is 0 Å². The lowest BCUT2D eigenvalue weighted by molar-refractivity contribution is -0.704. The molecule has 0 bridgehead atoms. The summed E-state index contributed by atoms with van der Waals surface area (Å²) in [7, 11) is 0. The standard InChI is InChI=1S/C29H49N2/c1-3-5-7-9-10-11-12-17-23-29-30(24-18-13-8-6-4-2)26-27-31(29)25-19-22-28-20-15-14-16-21-28/h14-16,20-21,26-27H,3-13,17-19,22-25H2,1-2H3/q+1. The van der Waals surface area contributed by atoms with Crippen molar-refractivity contribution >= 4 is 0 Å². The van der Waals surface area contributed by atoms with Gasteiger partial charge >= 0.3 is 0 Å². The molecule has 2 rings (SSSR count). The maximum Gasteiger partial charge on any atom is 0.256 e. The average molecular weight is 426 g/mol. The summed E-state index contributed by atoms with van der Waals surface area (Å²) in [6, 6.07) is 10.9. The van der Waals surface area contributed by atoms with Gasteiger partial charge in [0.15, 0.2) is 0 Å². The summed E-state index contributed by atoms with van der Waals surface area (Å²) in [5.74, 6) is 1.56. The second-order valence-corrected chi connectivity index (χ2v) is 9.33. The minimum atomic E-state index is 1.14. The van der Waals surface area contributed by atoms with E-state index in [-0.39, 0.29) is 0 Å². The summed E-state index contributed by atoms with van der Waals surface area (Å²) in [5, 5.41) is 0. The minimum absolute atomic E-state index is 1.14. The molecule has 2 nitrogen and oxygen atoms in total. The fourth-order valence-electron chi connectivity index (χ4n) is 4.59. The molecular weight excluding hydrogens is 376 g/mol. The molecule has 1 aromatic heterocycles. The van der Waals surface area contributed by atoms with E-state index in [2.05, 4.69) is 65.7 Å². The van der Waals surface area contributed by atoms with E-state index >= 15 is 0 Å². The van der Waals surface area contributed by atoms with Crippen molar-refractivity contribution in [2.45, 2.75) is 130 Å². The third kappa shape index (κ3) is 11.0. The fraction of sp³-hybridized carbons (Fsp3) is 0.690. The summed E-state index contributed by atoms with van der Waals surface area (Å²) >= 11 is 0. The topological polar surface area (TPSA) is 8.81 Å². The number of aromatic nitrogens is 2. The van der Waals surface area contributed by atoms with Gasteiger partial charge in [0.2, 0.25) is 0 Å². The van der Waals surface area contributed by atoms with Crippen molar-refractivity contribution < 1.29 is 4.57 Å². The number of aryl methyl sites for hydroxylation is 3. The van der Waals surface area contributed by atoms with Crippen molar-refractivity contribution in [1.82, 2.24) is 4.57 Å². The average Bonchev–Trinajstić information content (AvgIpc) is 3.17. The fourth-order valence-corrected chi connectivity index (χ4v) is 4.59. The zero-order valence-electron chi connectivity index (χ0n) is 20.7. The molecule has 0 spiro atoms. The van der Waals surface area contributed by atoms with Crippen LogP contribution in [0.4, 0.5) is 0 Å². The van der Waals surface area contributed by atoms with Crippen molar-refractivity contribution in [2.75, 3.05) is 0 Å². The third-order valence-electron chi connectivity index (χ3n) is 6.55. The van der Waals surface area contributed by atoms with E-state index in [4.69, 9.17) is 0 Å². The monoisotopic (exact) mass is 425 g/mol. The number of hydrogen-bond donors (Lipinski definition) is 0. The molecule has 31 heavy (non-hydrogen) atoms. The summed E-state index contributed by atoms with van der Waals surface area (Å²) in [6.45, 7) is 6.94. The van der Waals surface area contributed by atoms with Gasteiger partial charge in [0.25, 0.3) is 5.82 Å². The predicted octanol–water partition coefficient (Wildman–Crippen LogP) is 8.06. The zero-order valence-corrected chi connectivity index (χ0v) is 20.7. The van der Waals surface area contributed by atoms with Crippen LogP contribution in [0.1, 0.15) is 115 Å². The molecule has 0 atom stereocenters. The summed E-state index contributed by atoms with van der Waals surface area (Å²) in [4.78, 5) is 0. The molecule has 0 saturated heterocycles. The first-order valence-corrected chi connectivity index (χ1v) is 13.5. The van der Waals surface area contributed by atoms with Gasteiger partial charge in [-0.3, -0.25) is 0 Å². The molecule has 0 radical (unpaired) electrons. The Morgan fingerprint density at radius 1 is 0.645 bits per heavy atom. The normalized spacial score (nSPS) is 11.3. The number of imidazole rings is 1. The lowest BCUT2D eigenvalue weighted by Gasteiger charge is -2.07. The summed E-state index contributed by atoms with van der Waals surface area (Å²) in [5.41, 5.74) is 1.46. The van der Waals surface area contributed by atoms with Crippen LogP contribution < -0.4 is 4.57 Å². The van der Waals surface area contributed by atoms with E-state index < -0.39 is 0 Å². The highest BCUT2D eigenvalue weighted by Gasteiger charge is 2.16. The molecule has 0 fully saturated rings. The van der Waals surface area contributed by atoms with Crippen LogP contribution in [0.3, 0.4) is 0 Å². The molecular formula is C29H49N2+. The van der Waals surface area contributed by atoms with Crippen molar-refractivity contribution in [2.24, 2.45) is 0 Å². The van der Waals surface area contributed by atoms with Gasteiger partial charge in [-0.05, 0) is 37.7 Å². The van der Waals surface area contributed by atoms with Crippen LogP contribution in [0.25, 0.3) is 0 Å². The third-order valence-corrected chi connectivity index (χ3v) is 6.55. The molecule has 0 aliphatic carbocycles. The molecule has 0 unspecified atom stereocenters. The van der Waals surface area contributed by atoms with E-state index in [0.717, 1.165) is 6.54 Å². The lowest BCUT2D eigenvalue weighted by Crippen LogP contribution is -2.37. The quantitative estimate of drug-likeness (QED) is 0.159. The first kappa shape index (κ1) is 25.7. The number of hydrogen-bond acceptors (Lipinski definition) is 0. The largest absolute Gasteiger partial charge is 0.256 e. The highest BCUT2D eigenvalue weighted by molar-refractivity contribution is 5.14. The first-order chi connectivity index (χ1) is 15.3. The SMILES string of the molecule is CCCCCCCCCCc1n(CCCCCCC)cc[n+]1CCCc1ccccc1. The van der Waals surface area contributed by atoms with Gasteiger partial charge in [0.05, 0.1) is 13.1 Å². The molecule has 2 heteroatoms. The number of rotatable bonds is 19. The predicted molar refractivity (Wildman–Crippen MR) is 134 cm³/mol. The van der Waals surface area contributed by atoms with Gasteiger partial charge in [-0.2, -0.15) is 0 Å². The van der Waals surface area contributed by atoms with E-state index in [1.807, 2.05) is 0 Å². The van der Waals surface area contributed by atoms with Crippen LogP contribution >= 0.6 is 0 Å². The minimum Gasteiger partial charge on any atom is -0.234 e. The Kier molecular flexibility index (Phi) is 14.1. The van der Waals surface area contributed by atoms with Gasteiger partial charge < -0.3 is 0 Å². The van der Waals surface area contributed by atoms with Crippen LogP contribution in [0.2, 0.25) is 0 Å². The molecule has 0 amide bonds. The molecule has 1 aromatic carbocycles. The number of nitrogens with zero attached hydrogens (tertiary/aromatic N) is 2.